The SMILES string of the molecule is CCCNC(c1cccc(OC)c1)C1OCCC1C. The van der Waals surface area contributed by atoms with Crippen LogP contribution >= 0.6 is 0 Å². The van der Waals surface area contributed by atoms with Crippen LogP contribution in [0, 0.1) is 5.92 Å². The van der Waals surface area contributed by atoms with Crippen molar-refractivity contribution >= 4 is 0 Å². The van der Waals surface area contributed by atoms with Crippen LogP contribution < -0.4 is 10.1 Å². The second-order valence-electron chi connectivity index (χ2n) is 5.31. The van der Waals surface area contributed by atoms with Crippen LogP contribution in [0.5, 0.6) is 5.75 Å². The molecule has 19 heavy (non-hydrogen) atoms. The fraction of sp³-hybridized carbons (Fsp3) is 0.625. The van der Waals surface area contributed by atoms with Gasteiger partial charge in [-0.05, 0) is 43.0 Å². The number of methoxy groups -OCH3 is 1. The minimum absolute atomic E-state index is 0.257. The predicted molar refractivity (Wildman–Crippen MR) is 77.5 cm³/mol. The summed E-state index contributed by atoms with van der Waals surface area (Å²) in [5.41, 5.74) is 1.26. The number of hydrogen-bond acceptors (Lipinski definition) is 3. The molecule has 0 saturated carbocycles. The van der Waals surface area contributed by atoms with Crippen molar-refractivity contribution in [1.29, 1.82) is 0 Å². The molecule has 1 aliphatic heterocycles. The molecule has 1 N–H and O–H groups in total. The van der Waals surface area contributed by atoms with Crippen LogP contribution in [0.25, 0.3) is 0 Å². The van der Waals surface area contributed by atoms with Gasteiger partial charge < -0.3 is 14.8 Å². The Balaban J connectivity index is 2.20. The standard InChI is InChI=1S/C16H25NO2/c1-4-9-17-15(16-12(2)8-10-19-16)13-6-5-7-14(11-13)18-3/h5-7,11-12,15-17H,4,8-10H2,1-3H3. The van der Waals surface area contributed by atoms with Crippen molar-refractivity contribution in [1.82, 2.24) is 5.32 Å². The lowest BCUT2D eigenvalue weighted by Crippen LogP contribution is -2.35. The van der Waals surface area contributed by atoms with Crippen molar-refractivity contribution < 1.29 is 9.47 Å². The second kappa shape index (κ2) is 6.92. The Morgan fingerprint density at radius 1 is 1.47 bits per heavy atom. The van der Waals surface area contributed by atoms with Crippen molar-refractivity contribution in [3.05, 3.63) is 29.8 Å². The van der Waals surface area contributed by atoms with Gasteiger partial charge in [0.1, 0.15) is 5.75 Å². The minimum Gasteiger partial charge on any atom is -0.497 e. The first kappa shape index (κ1) is 14.4. The van der Waals surface area contributed by atoms with E-state index in [2.05, 4.69) is 37.4 Å². The number of rotatable bonds is 6. The Bertz CT molecular complexity index is 394. The van der Waals surface area contributed by atoms with Crippen molar-refractivity contribution in [2.24, 2.45) is 5.92 Å². The molecule has 3 atom stereocenters. The summed E-state index contributed by atoms with van der Waals surface area (Å²) in [6, 6.07) is 8.56. The first-order chi connectivity index (χ1) is 9.26. The van der Waals surface area contributed by atoms with E-state index in [0.717, 1.165) is 31.7 Å². The van der Waals surface area contributed by atoms with Gasteiger partial charge in [0.25, 0.3) is 0 Å². The number of benzene rings is 1. The minimum atomic E-state index is 0.257. The van der Waals surface area contributed by atoms with Crippen LogP contribution in [-0.4, -0.2) is 26.4 Å². The second-order valence-corrected chi connectivity index (χ2v) is 5.31. The highest BCUT2D eigenvalue weighted by Gasteiger charge is 2.32. The fourth-order valence-electron chi connectivity index (χ4n) is 2.70. The van der Waals surface area contributed by atoms with Gasteiger partial charge in [-0.2, -0.15) is 0 Å². The van der Waals surface area contributed by atoms with E-state index < -0.39 is 0 Å². The zero-order valence-electron chi connectivity index (χ0n) is 12.2. The van der Waals surface area contributed by atoms with Crippen molar-refractivity contribution in [2.45, 2.75) is 38.8 Å². The van der Waals surface area contributed by atoms with Gasteiger partial charge in [0.2, 0.25) is 0 Å². The lowest BCUT2D eigenvalue weighted by Gasteiger charge is -2.28. The summed E-state index contributed by atoms with van der Waals surface area (Å²) in [6.45, 7) is 6.35. The molecule has 1 aliphatic rings. The zero-order chi connectivity index (χ0) is 13.7. The average molecular weight is 263 g/mol. The monoisotopic (exact) mass is 263 g/mol. The number of hydrogen-bond donors (Lipinski definition) is 1. The van der Waals surface area contributed by atoms with E-state index in [0.29, 0.717) is 5.92 Å². The van der Waals surface area contributed by atoms with E-state index in [1.807, 2.05) is 6.07 Å². The van der Waals surface area contributed by atoms with E-state index in [9.17, 15) is 0 Å². The van der Waals surface area contributed by atoms with Crippen LogP contribution in [0.4, 0.5) is 0 Å². The summed E-state index contributed by atoms with van der Waals surface area (Å²) >= 11 is 0. The van der Waals surface area contributed by atoms with Gasteiger partial charge in [-0.15, -0.1) is 0 Å². The molecule has 1 aromatic carbocycles. The third kappa shape index (κ3) is 3.48. The molecule has 0 aromatic heterocycles. The third-order valence-corrected chi connectivity index (χ3v) is 3.84. The van der Waals surface area contributed by atoms with Gasteiger partial charge in [-0.25, -0.2) is 0 Å². The van der Waals surface area contributed by atoms with Gasteiger partial charge in [-0.1, -0.05) is 26.0 Å². The molecular weight excluding hydrogens is 238 g/mol. The smallest absolute Gasteiger partial charge is 0.119 e. The molecule has 3 unspecified atom stereocenters. The molecule has 3 heteroatoms. The van der Waals surface area contributed by atoms with Crippen molar-refractivity contribution in [2.75, 3.05) is 20.3 Å². The lowest BCUT2D eigenvalue weighted by atomic mass is 9.92. The van der Waals surface area contributed by atoms with Crippen LogP contribution in [0.1, 0.15) is 38.3 Å². The molecule has 106 valence electrons. The van der Waals surface area contributed by atoms with Gasteiger partial charge in [0, 0.05) is 6.61 Å². The summed E-state index contributed by atoms with van der Waals surface area (Å²) in [7, 11) is 1.71. The maximum Gasteiger partial charge on any atom is 0.119 e. The Hall–Kier alpha value is -1.06. The van der Waals surface area contributed by atoms with E-state index in [1.54, 1.807) is 7.11 Å². The molecule has 0 bridgehead atoms. The third-order valence-electron chi connectivity index (χ3n) is 3.84. The molecule has 1 saturated heterocycles. The molecule has 2 rings (SSSR count). The maximum atomic E-state index is 5.95. The summed E-state index contributed by atoms with van der Waals surface area (Å²) in [5, 5.41) is 3.63. The Morgan fingerprint density at radius 3 is 2.95 bits per heavy atom. The van der Waals surface area contributed by atoms with E-state index in [-0.39, 0.29) is 12.1 Å². The fourth-order valence-corrected chi connectivity index (χ4v) is 2.70. The Kier molecular flexibility index (Phi) is 5.23. The molecule has 0 spiro atoms. The number of nitrogens with one attached hydrogen (secondary N) is 1. The lowest BCUT2D eigenvalue weighted by molar-refractivity contribution is 0.0606. The van der Waals surface area contributed by atoms with Crippen molar-refractivity contribution in [3.63, 3.8) is 0 Å². The molecule has 3 nitrogen and oxygen atoms in total. The van der Waals surface area contributed by atoms with E-state index >= 15 is 0 Å². The van der Waals surface area contributed by atoms with Crippen molar-refractivity contribution in [3.8, 4) is 5.75 Å². The summed E-state index contributed by atoms with van der Waals surface area (Å²) in [5.74, 6) is 1.51. The highest BCUT2D eigenvalue weighted by Crippen LogP contribution is 2.32. The van der Waals surface area contributed by atoms with Gasteiger partial charge in [0.15, 0.2) is 0 Å². The largest absolute Gasteiger partial charge is 0.497 e. The topological polar surface area (TPSA) is 30.5 Å². The van der Waals surface area contributed by atoms with Crippen LogP contribution in [-0.2, 0) is 4.74 Å². The molecule has 0 amide bonds. The average Bonchev–Trinajstić information content (AvgIpc) is 2.86. The predicted octanol–water partition coefficient (Wildman–Crippen LogP) is 3.16. The summed E-state index contributed by atoms with van der Waals surface area (Å²) in [6.07, 6.45) is 2.54. The van der Waals surface area contributed by atoms with E-state index in [1.165, 1.54) is 5.56 Å². The molecule has 0 aliphatic carbocycles. The van der Waals surface area contributed by atoms with Crippen LogP contribution in [0.3, 0.4) is 0 Å². The highest BCUT2D eigenvalue weighted by atomic mass is 16.5. The normalized spacial score (nSPS) is 24.4. The van der Waals surface area contributed by atoms with Crippen LogP contribution in [0.15, 0.2) is 24.3 Å². The Morgan fingerprint density at radius 2 is 2.32 bits per heavy atom. The van der Waals surface area contributed by atoms with Gasteiger partial charge in [0.05, 0.1) is 19.3 Å². The number of ether oxygens (including phenoxy) is 2. The molecule has 1 heterocycles. The molecule has 1 fully saturated rings. The summed E-state index contributed by atoms with van der Waals surface area (Å²) in [4.78, 5) is 0. The van der Waals surface area contributed by atoms with Gasteiger partial charge in [-0.3, -0.25) is 0 Å². The molecule has 1 aromatic rings. The summed E-state index contributed by atoms with van der Waals surface area (Å²) < 4.78 is 11.3. The zero-order valence-corrected chi connectivity index (χ0v) is 12.2. The van der Waals surface area contributed by atoms with E-state index in [4.69, 9.17) is 9.47 Å². The molecule has 0 radical (unpaired) electrons. The van der Waals surface area contributed by atoms with Crippen LogP contribution in [0.2, 0.25) is 0 Å². The van der Waals surface area contributed by atoms with Gasteiger partial charge >= 0.3 is 0 Å². The highest BCUT2D eigenvalue weighted by molar-refractivity contribution is 5.31. The molecular formula is C16H25NO2. The first-order valence-corrected chi connectivity index (χ1v) is 7.25. The first-order valence-electron chi connectivity index (χ1n) is 7.25. The maximum absolute atomic E-state index is 5.95. The quantitative estimate of drug-likeness (QED) is 0.855. The Labute approximate surface area is 116 Å².